The van der Waals surface area contributed by atoms with E-state index in [4.69, 9.17) is 37.6 Å². The predicted octanol–water partition coefficient (Wildman–Crippen LogP) is -1.45. The lowest BCUT2D eigenvalue weighted by molar-refractivity contribution is -0.137. The van der Waals surface area contributed by atoms with Gasteiger partial charge in [0.05, 0.1) is 19.6 Å². The Kier molecular flexibility index (Phi) is 8.61. The van der Waals surface area contributed by atoms with E-state index in [2.05, 4.69) is 16.0 Å². The second-order valence-electron chi connectivity index (χ2n) is 8.55. The van der Waals surface area contributed by atoms with Crippen molar-refractivity contribution < 1.29 is 43.6 Å². The van der Waals surface area contributed by atoms with Crippen molar-refractivity contribution in [3.63, 3.8) is 0 Å². The van der Waals surface area contributed by atoms with Gasteiger partial charge in [-0.15, -0.1) is 0 Å². The summed E-state index contributed by atoms with van der Waals surface area (Å²) in [6, 6.07) is 4.22. The SMILES string of the molecule is O=C(O)CCNC(=O)C(CNC(=O)c1cc(Cl)c2c(c1)B(O)OC2)NC(=O)c1cc(Cl)c2c(c1)B(O)OC2. The lowest BCUT2D eigenvalue weighted by Crippen LogP contribution is -2.53. The fourth-order valence-corrected chi connectivity index (χ4v) is 4.55. The minimum atomic E-state index is -1.31. The third kappa shape index (κ3) is 6.12. The highest BCUT2D eigenvalue weighted by Gasteiger charge is 2.32. The van der Waals surface area contributed by atoms with Gasteiger partial charge in [0.15, 0.2) is 0 Å². The minimum absolute atomic E-state index is 0.0346. The van der Waals surface area contributed by atoms with Crippen LogP contribution in [0.15, 0.2) is 24.3 Å². The number of benzene rings is 2. The molecule has 0 saturated carbocycles. The van der Waals surface area contributed by atoms with E-state index in [1.54, 1.807) is 0 Å². The number of carboxylic acids is 1. The predicted molar refractivity (Wildman–Crippen MR) is 137 cm³/mol. The number of amides is 3. The summed E-state index contributed by atoms with van der Waals surface area (Å²) in [7, 11) is -2.49. The Labute approximate surface area is 226 Å². The quantitative estimate of drug-likeness (QED) is 0.199. The number of hydrogen-bond donors (Lipinski definition) is 6. The zero-order valence-corrected chi connectivity index (χ0v) is 21.1. The fraction of sp³-hybridized carbons (Fsp3) is 0.273. The molecule has 2 heterocycles. The molecular weight excluding hydrogens is 543 g/mol. The molecule has 3 amide bonds. The average molecular weight is 564 g/mol. The van der Waals surface area contributed by atoms with E-state index in [1.807, 2.05) is 0 Å². The molecule has 4 rings (SSSR count). The van der Waals surface area contributed by atoms with Crippen molar-refractivity contribution in [3.05, 3.63) is 56.6 Å². The summed E-state index contributed by atoms with van der Waals surface area (Å²) in [5.41, 5.74) is 1.88. The Morgan fingerprint density at radius 3 is 1.92 bits per heavy atom. The highest BCUT2D eigenvalue weighted by molar-refractivity contribution is 6.62. The molecule has 0 aliphatic carbocycles. The minimum Gasteiger partial charge on any atom is -0.481 e. The van der Waals surface area contributed by atoms with Crippen LogP contribution in [0.5, 0.6) is 0 Å². The maximum absolute atomic E-state index is 13.0. The number of fused-ring (bicyclic) bond motifs is 2. The molecule has 2 aliphatic heterocycles. The number of hydrogen-bond acceptors (Lipinski definition) is 8. The molecule has 1 unspecified atom stereocenters. The van der Waals surface area contributed by atoms with E-state index >= 15 is 0 Å². The van der Waals surface area contributed by atoms with Crippen LogP contribution in [0.25, 0.3) is 0 Å². The molecular formula is C22H21B2Cl2N3O9. The van der Waals surface area contributed by atoms with Crippen molar-refractivity contribution in [2.24, 2.45) is 0 Å². The Morgan fingerprint density at radius 2 is 1.39 bits per heavy atom. The number of carboxylic acid groups (broad SMARTS) is 1. The Bertz CT molecular complexity index is 1310. The summed E-state index contributed by atoms with van der Waals surface area (Å²) in [5, 5.41) is 36.6. The van der Waals surface area contributed by atoms with Gasteiger partial charge in [-0.25, -0.2) is 0 Å². The Morgan fingerprint density at radius 1 is 0.868 bits per heavy atom. The summed E-state index contributed by atoms with van der Waals surface area (Å²) < 4.78 is 10.2. The van der Waals surface area contributed by atoms with Gasteiger partial charge in [-0.2, -0.15) is 0 Å². The van der Waals surface area contributed by atoms with Gasteiger partial charge in [0.1, 0.15) is 6.04 Å². The molecule has 0 fully saturated rings. The monoisotopic (exact) mass is 563 g/mol. The summed E-state index contributed by atoms with van der Waals surface area (Å²) in [6.07, 6.45) is -0.352. The molecule has 0 saturated heterocycles. The van der Waals surface area contributed by atoms with Crippen LogP contribution in [-0.4, -0.2) is 72.2 Å². The Balaban J connectivity index is 1.49. The van der Waals surface area contributed by atoms with Gasteiger partial charge in [-0.05, 0) is 46.3 Å². The maximum Gasteiger partial charge on any atom is 0.491 e. The first-order chi connectivity index (χ1) is 18.0. The summed E-state index contributed by atoms with van der Waals surface area (Å²) >= 11 is 12.4. The van der Waals surface area contributed by atoms with Crippen molar-refractivity contribution in [1.29, 1.82) is 0 Å². The Hall–Kier alpha value is -3.13. The normalized spacial score (nSPS) is 14.5. The third-order valence-electron chi connectivity index (χ3n) is 6.01. The molecule has 6 N–H and O–H groups in total. The van der Waals surface area contributed by atoms with Crippen LogP contribution in [0.2, 0.25) is 10.0 Å². The van der Waals surface area contributed by atoms with E-state index in [9.17, 15) is 29.2 Å². The third-order valence-corrected chi connectivity index (χ3v) is 6.69. The van der Waals surface area contributed by atoms with Gasteiger partial charge in [0.2, 0.25) is 5.91 Å². The van der Waals surface area contributed by atoms with Crippen molar-refractivity contribution in [2.75, 3.05) is 13.1 Å². The van der Waals surface area contributed by atoms with Gasteiger partial charge in [-0.1, -0.05) is 23.2 Å². The van der Waals surface area contributed by atoms with Crippen molar-refractivity contribution in [1.82, 2.24) is 16.0 Å². The molecule has 198 valence electrons. The van der Waals surface area contributed by atoms with Crippen molar-refractivity contribution >= 4 is 72.1 Å². The molecule has 1 atom stereocenters. The molecule has 0 radical (unpaired) electrons. The number of halogens is 2. The zero-order chi connectivity index (χ0) is 27.6. The first-order valence-electron chi connectivity index (χ1n) is 11.4. The number of carbonyl (C=O) groups excluding carboxylic acids is 3. The molecule has 0 spiro atoms. The van der Waals surface area contributed by atoms with E-state index in [0.717, 1.165) is 0 Å². The van der Waals surface area contributed by atoms with Crippen LogP contribution in [-0.2, 0) is 32.1 Å². The van der Waals surface area contributed by atoms with E-state index in [1.165, 1.54) is 24.3 Å². The molecule has 12 nitrogen and oxygen atoms in total. The number of aliphatic carboxylic acids is 1. The van der Waals surface area contributed by atoms with E-state index in [0.29, 0.717) is 22.1 Å². The molecule has 16 heteroatoms. The van der Waals surface area contributed by atoms with Crippen molar-refractivity contribution in [2.45, 2.75) is 25.7 Å². The molecule has 0 bridgehead atoms. The first-order valence-corrected chi connectivity index (χ1v) is 12.1. The summed E-state index contributed by atoms with van der Waals surface area (Å²) in [6.45, 7) is -0.409. The largest absolute Gasteiger partial charge is 0.491 e. The zero-order valence-electron chi connectivity index (χ0n) is 19.6. The van der Waals surface area contributed by atoms with E-state index in [-0.39, 0.29) is 53.9 Å². The highest BCUT2D eigenvalue weighted by atomic mass is 35.5. The van der Waals surface area contributed by atoms with Crippen molar-refractivity contribution in [3.8, 4) is 0 Å². The number of carbonyl (C=O) groups is 4. The van der Waals surface area contributed by atoms with Crippen LogP contribution >= 0.6 is 23.2 Å². The second kappa shape index (κ2) is 11.7. The standard InChI is InChI=1S/C22H21B2Cl2N3O9/c25-16-5-10(3-14-12(16)8-37-23(14)35)20(32)28-7-18(22(34)27-2-1-19(30)31)29-21(33)11-4-15-13(17(26)6-11)9-38-24(15)36/h3-6,18,35-36H,1-2,7-9H2,(H,27,34)(H,28,32)(H,29,33)(H,30,31). The molecule has 2 aromatic carbocycles. The maximum atomic E-state index is 13.0. The number of nitrogens with one attached hydrogen (secondary N) is 3. The smallest absolute Gasteiger partial charge is 0.481 e. The average Bonchev–Trinajstić information content (AvgIpc) is 3.44. The molecule has 2 aromatic rings. The van der Waals surface area contributed by atoms with Crippen LogP contribution in [0.3, 0.4) is 0 Å². The summed E-state index contributed by atoms with van der Waals surface area (Å²) in [4.78, 5) is 49.4. The van der Waals surface area contributed by atoms with Gasteiger partial charge in [0.25, 0.3) is 11.8 Å². The molecule has 0 aromatic heterocycles. The van der Waals surface area contributed by atoms with Crippen LogP contribution in [0.4, 0.5) is 0 Å². The van der Waals surface area contributed by atoms with Gasteiger partial charge in [0, 0.05) is 34.3 Å². The van der Waals surface area contributed by atoms with Crippen LogP contribution in [0, 0.1) is 0 Å². The van der Waals surface area contributed by atoms with Gasteiger partial charge >= 0.3 is 20.2 Å². The second-order valence-corrected chi connectivity index (χ2v) is 9.36. The highest BCUT2D eigenvalue weighted by Crippen LogP contribution is 2.23. The topological polar surface area (TPSA) is 184 Å². The lowest BCUT2D eigenvalue weighted by atomic mass is 9.78. The first kappa shape index (κ1) is 27.9. The van der Waals surface area contributed by atoms with Crippen LogP contribution in [0.1, 0.15) is 38.3 Å². The van der Waals surface area contributed by atoms with Gasteiger partial charge in [-0.3, -0.25) is 19.2 Å². The van der Waals surface area contributed by atoms with E-state index < -0.39 is 44.0 Å². The summed E-state index contributed by atoms with van der Waals surface area (Å²) in [5.74, 6) is -3.26. The lowest BCUT2D eigenvalue weighted by Gasteiger charge is -2.19. The molecule has 38 heavy (non-hydrogen) atoms. The molecule has 2 aliphatic rings. The van der Waals surface area contributed by atoms with Gasteiger partial charge < -0.3 is 40.4 Å². The number of rotatable bonds is 9. The van der Waals surface area contributed by atoms with Crippen LogP contribution < -0.4 is 26.9 Å². The fourth-order valence-electron chi connectivity index (χ4n) is 3.99.